The normalized spacial score (nSPS) is 10.6. The summed E-state index contributed by atoms with van der Waals surface area (Å²) >= 11 is 3.00. The molecule has 0 spiro atoms. The van der Waals surface area contributed by atoms with Crippen LogP contribution in [0.3, 0.4) is 0 Å². The molecule has 2 aromatic rings. The van der Waals surface area contributed by atoms with Crippen molar-refractivity contribution in [3.05, 3.63) is 20.6 Å². The van der Waals surface area contributed by atoms with Gasteiger partial charge in [0, 0.05) is 11.3 Å². The molecule has 0 bridgehead atoms. The maximum atomic E-state index is 11.7. The number of thiazole rings is 1. The summed E-state index contributed by atoms with van der Waals surface area (Å²) in [6.07, 6.45) is 1.90. The van der Waals surface area contributed by atoms with Crippen molar-refractivity contribution in [3.63, 3.8) is 0 Å². The molecule has 2 aromatic heterocycles. The van der Waals surface area contributed by atoms with Gasteiger partial charge >= 0.3 is 6.03 Å². The first kappa shape index (κ1) is 14.9. The Bertz CT molecular complexity index is 573. The maximum absolute atomic E-state index is 11.7. The van der Waals surface area contributed by atoms with Crippen molar-refractivity contribution in [3.8, 4) is 0 Å². The standard InChI is InChI=1S/C12H17N5OS2/c1-4-5-9-16-17-12(20-9)15-11(18)13-6-10-14-7(2)8(3)19-10/h4-6H2,1-3H3,(H2,13,15,17,18). The number of urea groups is 1. The first-order valence-electron chi connectivity index (χ1n) is 6.38. The number of carbonyl (C=O) groups excluding carboxylic acids is 1. The molecule has 2 heterocycles. The van der Waals surface area contributed by atoms with Crippen molar-refractivity contribution >= 4 is 33.8 Å². The minimum Gasteiger partial charge on any atom is -0.331 e. The first-order valence-corrected chi connectivity index (χ1v) is 8.02. The molecular formula is C12H17N5OS2. The van der Waals surface area contributed by atoms with Crippen molar-refractivity contribution < 1.29 is 4.79 Å². The van der Waals surface area contributed by atoms with Crippen molar-refractivity contribution in [2.75, 3.05) is 5.32 Å². The zero-order valence-electron chi connectivity index (χ0n) is 11.7. The quantitative estimate of drug-likeness (QED) is 0.890. The van der Waals surface area contributed by atoms with Gasteiger partial charge in [-0.1, -0.05) is 18.3 Å². The molecule has 2 N–H and O–H groups in total. The third-order valence-corrected chi connectivity index (χ3v) is 4.60. The van der Waals surface area contributed by atoms with Crippen LogP contribution in [0.2, 0.25) is 0 Å². The summed E-state index contributed by atoms with van der Waals surface area (Å²) in [5.74, 6) is 0. The molecule has 20 heavy (non-hydrogen) atoms. The SMILES string of the molecule is CCCc1nnc(NC(=O)NCc2nc(C)c(C)s2)s1. The molecule has 0 saturated heterocycles. The van der Waals surface area contributed by atoms with Gasteiger partial charge in [-0.15, -0.1) is 21.5 Å². The lowest BCUT2D eigenvalue weighted by atomic mass is 10.4. The van der Waals surface area contributed by atoms with Crippen LogP contribution in [-0.4, -0.2) is 21.2 Å². The average molecular weight is 311 g/mol. The number of hydrogen-bond donors (Lipinski definition) is 2. The molecule has 0 fully saturated rings. The van der Waals surface area contributed by atoms with Gasteiger partial charge in [0.05, 0.1) is 12.2 Å². The molecule has 0 aliphatic heterocycles. The molecule has 0 atom stereocenters. The summed E-state index contributed by atoms with van der Waals surface area (Å²) < 4.78 is 0. The van der Waals surface area contributed by atoms with Gasteiger partial charge in [0.15, 0.2) is 0 Å². The summed E-state index contributed by atoms with van der Waals surface area (Å²) in [5.41, 5.74) is 1.01. The van der Waals surface area contributed by atoms with E-state index in [4.69, 9.17) is 0 Å². The van der Waals surface area contributed by atoms with E-state index in [9.17, 15) is 4.79 Å². The summed E-state index contributed by atoms with van der Waals surface area (Å²) in [4.78, 5) is 17.3. The highest BCUT2D eigenvalue weighted by atomic mass is 32.1. The van der Waals surface area contributed by atoms with Crippen molar-refractivity contribution in [1.29, 1.82) is 0 Å². The van der Waals surface area contributed by atoms with E-state index in [0.29, 0.717) is 11.7 Å². The molecule has 6 nitrogen and oxygen atoms in total. The molecule has 0 radical (unpaired) electrons. The fourth-order valence-corrected chi connectivity index (χ4v) is 3.24. The van der Waals surface area contributed by atoms with Crippen LogP contribution in [0.25, 0.3) is 0 Å². The molecule has 8 heteroatoms. The lowest BCUT2D eigenvalue weighted by Crippen LogP contribution is -2.28. The van der Waals surface area contributed by atoms with Crippen LogP contribution in [0, 0.1) is 13.8 Å². The Labute approximate surface area is 125 Å². The fraction of sp³-hybridized carbons (Fsp3) is 0.500. The highest BCUT2D eigenvalue weighted by Crippen LogP contribution is 2.17. The Morgan fingerprint density at radius 3 is 2.65 bits per heavy atom. The van der Waals surface area contributed by atoms with E-state index in [1.54, 1.807) is 11.3 Å². The van der Waals surface area contributed by atoms with Crippen LogP contribution < -0.4 is 10.6 Å². The second-order valence-corrected chi connectivity index (χ2v) is 6.66. The molecule has 108 valence electrons. The van der Waals surface area contributed by atoms with E-state index in [1.807, 2.05) is 13.8 Å². The van der Waals surface area contributed by atoms with Crippen LogP contribution in [0.1, 0.15) is 33.9 Å². The number of nitrogens with zero attached hydrogens (tertiary/aromatic N) is 3. The molecule has 0 aliphatic rings. The summed E-state index contributed by atoms with van der Waals surface area (Å²) in [6, 6.07) is -0.283. The third kappa shape index (κ3) is 3.97. The first-order chi connectivity index (χ1) is 9.58. The van der Waals surface area contributed by atoms with E-state index in [1.165, 1.54) is 16.2 Å². The Morgan fingerprint density at radius 1 is 1.20 bits per heavy atom. The topological polar surface area (TPSA) is 79.8 Å². The van der Waals surface area contributed by atoms with Crippen molar-refractivity contribution in [2.24, 2.45) is 0 Å². The second-order valence-electron chi connectivity index (χ2n) is 4.31. The number of rotatable bonds is 5. The summed E-state index contributed by atoms with van der Waals surface area (Å²) in [5, 5.41) is 15.8. The summed E-state index contributed by atoms with van der Waals surface area (Å²) in [7, 11) is 0. The van der Waals surface area contributed by atoms with Crippen molar-refractivity contribution in [1.82, 2.24) is 20.5 Å². The molecule has 0 saturated carbocycles. The second kappa shape index (κ2) is 6.76. The Morgan fingerprint density at radius 2 is 2.00 bits per heavy atom. The van der Waals surface area contributed by atoms with Crippen LogP contribution in [0.4, 0.5) is 9.93 Å². The van der Waals surface area contributed by atoms with Crippen molar-refractivity contribution in [2.45, 2.75) is 40.2 Å². The van der Waals surface area contributed by atoms with E-state index in [2.05, 4.69) is 32.7 Å². The minimum absolute atomic E-state index is 0.283. The van der Waals surface area contributed by atoms with Crippen LogP contribution in [0.15, 0.2) is 0 Å². The average Bonchev–Trinajstić information content (AvgIpc) is 2.96. The fourth-order valence-electron chi connectivity index (χ4n) is 1.53. The molecule has 0 aliphatic carbocycles. The molecule has 2 amide bonds. The van der Waals surface area contributed by atoms with Gasteiger partial charge in [-0.25, -0.2) is 9.78 Å². The Hall–Kier alpha value is -1.54. The Balaban J connectivity index is 1.82. The van der Waals surface area contributed by atoms with E-state index >= 15 is 0 Å². The minimum atomic E-state index is -0.283. The zero-order chi connectivity index (χ0) is 14.5. The number of carbonyl (C=O) groups is 1. The maximum Gasteiger partial charge on any atom is 0.321 e. The number of amides is 2. The molecule has 0 unspecified atom stereocenters. The molecule has 0 aromatic carbocycles. The highest BCUT2D eigenvalue weighted by Gasteiger charge is 2.09. The van der Waals surface area contributed by atoms with E-state index in [-0.39, 0.29) is 6.03 Å². The monoisotopic (exact) mass is 311 g/mol. The predicted molar refractivity (Wildman–Crippen MR) is 81.4 cm³/mol. The van der Waals surface area contributed by atoms with Crippen LogP contribution in [0.5, 0.6) is 0 Å². The molecule has 2 rings (SSSR count). The Kier molecular flexibility index (Phi) is 5.02. The number of hydrogen-bond acceptors (Lipinski definition) is 6. The van der Waals surface area contributed by atoms with Crippen LogP contribution in [-0.2, 0) is 13.0 Å². The zero-order valence-corrected chi connectivity index (χ0v) is 13.3. The predicted octanol–water partition coefficient (Wildman–Crippen LogP) is 2.89. The van der Waals surface area contributed by atoms with E-state index < -0.39 is 0 Å². The lowest BCUT2D eigenvalue weighted by molar-refractivity contribution is 0.251. The summed E-state index contributed by atoms with van der Waals surface area (Å²) in [6.45, 7) is 6.49. The van der Waals surface area contributed by atoms with Crippen LogP contribution >= 0.6 is 22.7 Å². The highest BCUT2D eigenvalue weighted by molar-refractivity contribution is 7.15. The lowest BCUT2D eigenvalue weighted by Gasteiger charge is -2.02. The van der Waals surface area contributed by atoms with Gasteiger partial charge in [0.2, 0.25) is 5.13 Å². The van der Waals surface area contributed by atoms with Gasteiger partial charge < -0.3 is 5.32 Å². The number of aromatic nitrogens is 3. The third-order valence-electron chi connectivity index (χ3n) is 2.62. The van der Waals surface area contributed by atoms with Gasteiger partial charge in [-0.05, 0) is 20.3 Å². The number of nitrogens with one attached hydrogen (secondary N) is 2. The largest absolute Gasteiger partial charge is 0.331 e. The van der Waals surface area contributed by atoms with E-state index in [0.717, 1.165) is 28.6 Å². The smallest absolute Gasteiger partial charge is 0.321 e. The van der Waals surface area contributed by atoms with Gasteiger partial charge in [-0.2, -0.15) is 0 Å². The van der Waals surface area contributed by atoms with Gasteiger partial charge in [0.1, 0.15) is 10.0 Å². The number of aryl methyl sites for hydroxylation is 3. The number of anilines is 1. The van der Waals surface area contributed by atoms with Gasteiger partial charge in [0.25, 0.3) is 0 Å². The van der Waals surface area contributed by atoms with Gasteiger partial charge in [-0.3, -0.25) is 5.32 Å². The molecular weight excluding hydrogens is 294 g/mol.